The number of nitrogens with zero attached hydrogens (tertiary/aromatic N) is 1. The normalized spacial score (nSPS) is 11.2. The molecule has 0 saturated carbocycles. The maximum absolute atomic E-state index is 12.2. The number of rotatable bonds is 6. The Morgan fingerprint density at radius 2 is 1.96 bits per heavy atom. The van der Waals surface area contributed by atoms with Gasteiger partial charge >= 0.3 is 4.87 Å². The van der Waals surface area contributed by atoms with Crippen LogP contribution in [0.15, 0.2) is 51.7 Å². The lowest BCUT2D eigenvalue weighted by molar-refractivity contribution is -0.113. The smallest absolute Gasteiger partial charge is 0.308 e. The van der Waals surface area contributed by atoms with Gasteiger partial charge in [0.2, 0.25) is 5.91 Å². The number of carbonyl (C=O) groups is 1. The fraction of sp³-hybridized carbons (Fsp3) is 0.263. The van der Waals surface area contributed by atoms with Crippen LogP contribution in [0.25, 0.3) is 10.2 Å². The first-order chi connectivity index (χ1) is 12.4. The maximum atomic E-state index is 12.2. The third kappa shape index (κ3) is 4.58. The quantitative estimate of drug-likeness (QED) is 0.555. The van der Waals surface area contributed by atoms with Gasteiger partial charge in [0.25, 0.3) is 0 Å². The van der Waals surface area contributed by atoms with Crippen molar-refractivity contribution in [3.8, 4) is 0 Å². The Bertz CT molecular complexity index is 977. The number of anilines is 1. The summed E-state index contributed by atoms with van der Waals surface area (Å²) in [5, 5.41) is 2.92. The molecule has 0 aliphatic carbocycles. The van der Waals surface area contributed by atoms with Crippen LogP contribution in [0, 0.1) is 0 Å². The van der Waals surface area contributed by atoms with Crippen molar-refractivity contribution in [1.29, 1.82) is 0 Å². The lowest BCUT2D eigenvalue weighted by Gasteiger charge is -2.08. The van der Waals surface area contributed by atoms with Crippen molar-refractivity contribution in [3.05, 3.63) is 62.2 Å². The molecule has 2 aromatic carbocycles. The van der Waals surface area contributed by atoms with E-state index in [9.17, 15) is 9.59 Å². The third-order valence-electron chi connectivity index (χ3n) is 3.83. The minimum Gasteiger partial charge on any atom is -0.325 e. The molecule has 0 aliphatic rings. The summed E-state index contributed by atoms with van der Waals surface area (Å²) in [6.45, 7) is 3.98. The van der Waals surface area contributed by atoms with E-state index in [1.165, 1.54) is 16.9 Å². The fourth-order valence-corrected chi connectivity index (χ4v) is 4.75. The first kappa shape index (κ1) is 19.2. The molecule has 0 bridgehead atoms. The molecule has 3 rings (SSSR count). The lowest BCUT2D eigenvalue weighted by atomic mass is 10.2. The maximum Gasteiger partial charge on any atom is 0.308 e. The number of hydrogen-bond acceptors (Lipinski definition) is 4. The number of aromatic nitrogens is 1. The molecule has 1 amide bonds. The first-order valence-corrected chi connectivity index (χ1v) is 11.0. The van der Waals surface area contributed by atoms with Gasteiger partial charge in [0.15, 0.2) is 0 Å². The molecule has 4 nitrogen and oxygen atoms in total. The van der Waals surface area contributed by atoms with E-state index in [0.29, 0.717) is 5.75 Å². The Hall–Kier alpha value is -1.57. The highest BCUT2D eigenvalue weighted by molar-refractivity contribution is 9.10. The third-order valence-corrected chi connectivity index (χ3v) is 6.28. The molecule has 0 spiro atoms. The van der Waals surface area contributed by atoms with E-state index in [-0.39, 0.29) is 16.8 Å². The second kappa shape index (κ2) is 8.41. The van der Waals surface area contributed by atoms with E-state index in [1.807, 2.05) is 56.3 Å². The Morgan fingerprint density at radius 3 is 2.65 bits per heavy atom. The number of carbonyl (C=O) groups excluding carboxylic acids is 1. The van der Waals surface area contributed by atoms with E-state index < -0.39 is 0 Å². The van der Waals surface area contributed by atoms with Crippen molar-refractivity contribution >= 4 is 60.8 Å². The van der Waals surface area contributed by atoms with Crippen molar-refractivity contribution in [2.75, 3.05) is 11.1 Å². The summed E-state index contributed by atoms with van der Waals surface area (Å²) >= 11 is 6.20. The summed E-state index contributed by atoms with van der Waals surface area (Å²) in [7, 11) is 0. The highest BCUT2D eigenvalue weighted by Crippen LogP contribution is 2.24. The van der Waals surface area contributed by atoms with E-state index in [1.54, 1.807) is 16.3 Å². The van der Waals surface area contributed by atoms with Crippen LogP contribution in [-0.4, -0.2) is 16.2 Å². The van der Waals surface area contributed by atoms with Gasteiger partial charge in [-0.2, -0.15) is 0 Å². The molecular weight excluding hydrogens is 432 g/mol. The molecule has 1 aromatic heterocycles. The van der Waals surface area contributed by atoms with Crippen LogP contribution >= 0.6 is 39.0 Å². The average Bonchev–Trinajstić information content (AvgIpc) is 2.91. The molecule has 0 atom stereocenters. The number of benzene rings is 2. The number of amides is 1. The summed E-state index contributed by atoms with van der Waals surface area (Å²) in [6, 6.07) is 13.8. The Kier molecular flexibility index (Phi) is 6.21. The Balaban J connectivity index is 1.60. The Labute approximate surface area is 168 Å². The van der Waals surface area contributed by atoms with E-state index >= 15 is 0 Å². The van der Waals surface area contributed by atoms with Gasteiger partial charge in [-0.15, -0.1) is 11.8 Å². The zero-order valence-corrected chi connectivity index (χ0v) is 17.7. The molecule has 136 valence electrons. The molecule has 0 fully saturated rings. The predicted octanol–water partition coefficient (Wildman–Crippen LogP) is 5.28. The van der Waals surface area contributed by atoms with Crippen LogP contribution in [0.5, 0.6) is 0 Å². The summed E-state index contributed by atoms with van der Waals surface area (Å²) in [5.41, 5.74) is 2.83. The zero-order valence-electron chi connectivity index (χ0n) is 14.5. The largest absolute Gasteiger partial charge is 0.325 e. The molecule has 0 saturated heterocycles. The Morgan fingerprint density at radius 1 is 1.23 bits per heavy atom. The van der Waals surface area contributed by atoms with Gasteiger partial charge in [0.1, 0.15) is 0 Å². The lowest BCUT2D eigenvalue weighted by Crippen LogP contribution is -2.15. The van der Waals surface area contributed by atoms with Crippen molar-refractivity contribution < 1.29 is 4.79 Å². The van der Waals surface area contributed by atoms with Crippen molar-refractivity contribution in [3.63, 3.8) is 0 Å². The molecule has 1 N–H and O–H groups in total. The number of fused-ring (bicyclic) bond motifs is 1. The standard InChI is InChI=1S/C19H19BrN2O2S2/c1-12(2)22-16-8-7-15(9-17(16)26-19(22)24)21-18(23)11-25-10-13-3-5-14(20)6-4-13/h3-9,12H,10-11H2,1-2H3,(H,21,23). The van der Waals surface area contributed by atoms with Crippen LogP contribution in [0.1, 0.15) is 25.5 Å². The van der Waals surface area contributed by atoms with Gasteiger partial charge in [-0.1, -0.05) is 39.4 Å². The fourth-order valence-electron chi connectivity index (χ4n) is 2.64. The van der Waals surface area contributed by atoms with Crippen molar-refractivity contribution in [2.24, 2.45) is 0 Å². The van der Waals surface area contributed by atoms with E-state index in [4.69, 9.17) is 0 Å². The molecule has 1 heterocycles. The minimum absolute atomic E-state index is 0.0310. The van der Waals surface area contributed by atoms with Crippen LogP contribution in [-0.2, 0) is 10.5 Å². The number of hydrogen-bond donors (Lipinski definition) is 1. The molecule has 0 unspecified atom stereocenters. The second-order valence-corrected chi connectivity index (χ2v) is 9.08. The van der Waals surface area contributed by atoms with Gasteiger partial charge in [0, 0.05) is 22.0 Å². The topological polar surface area (TPSA) is 51.1 Å². The number of thiazole rings is 1. The molecule has 26 heavy (non-hydrogen) atoms. The zero-order chi connectivity index (χ0) is 18.7. The monoisotopic (exact) mass is 450 g/mol. The number of halogens is 1. The number of nitrogens with one attached hydrogen (secondary N) is 1. The predicted molar refractivity (Wildman–Crippen MR) is 115 cm³/mol. The summed E-state index contributed by atoms with van der Waals surface area (Å²) in [5.74, 6) is 1.14. The van der Waals surface area contributed by atoms with Crippen LogP contribution < -0.4 is 10.2 Å². The van der Waals surface area contributed by atoms with Gasteiger partial charge in [-0.3, -0.25) is 14.2 Å². The van der Waals surface area contributed by atoms with Crippen LogP contribution in [0.3, 0.4) is 0 Å². The van der Waals surface area contributed by atoms with Crippen LogP contribution in [0.4, 0.5) is 5.69 Å². The van der Waals surface area contributed by atoms with Gasteiger partial charge < -0.3 is 5.32 Å². The summed E-state index contributed by atoms with van der Waals surface area (Å²) < 4.78 is 3.72. The van der Waals surface area contributed by atoms with Crippen molar-refractivity contribution in [2.45, 2.75) is 25.6 Å². The summed E-state index contributed by atoms with van der Waals surface area (Å²) in [6.07, 6.45) is 0. The van der Waals surface area contributed by atoms with Crippen LogP contribution in [0.2, 0.25) is 0 Å². The second-order valence-electron chi connectivity index (χ2n) is 6.18. The van der Waals surface area contributed by atoms with Gasteiger partial charge in [-0.05, 0) is 49.7 Å². The van der Waals surface area contributed by atoms with Crippen molar-refractivity contribution in [1.82, 2.24) is 4.57 Å². The number of thioether (sulfide) groups is 1. The minimum atomic E-state index is -0.0397. The molecular formula is C19H19BrN2O2S2. The SMILES string of the molecule is CC(C)n1c(=O)sc2cc(NC(=O)CSCc3ccc(Br)cc3)ccc21. The molecule has 0 aliphatic heterocycles. The van der Waals surface area contributed by atoms with Gasteiger partial charge in [-0.25, -0.2) is 0 Å². The van der Waals surface area contributed by atoms with Gasteiger partial charge in [0.05, 0.1) is 16.0 Å². The van der Waals surface area contributed by atoms with E-state index in [0.717, 1.165) is 26.1 Å². The molecule has 3 aromatic rings. The van der Waals surface area contributed by atoms with E-state index in [2.05, 4.69) is 21.2 Å². The average molecular weight is 451 g/mol. The highest BCUT2D eigenvalue weighted by atomic mass is 79.9. The highest BCUT2D eigenvalue weighted by Gasteiger charge is 2.11. The summed E-state index contributed by atoms with van der Waals surface area (Å²) in [4.78, 5) is 24.3. The molecule has 0 radical (unpaired) electrons. The molecule has 7 heteroatoms. The first-order valence-electron chi connectivity index (χ1n) is 8.21.